The molecule has 24 aromatic rings. The first-order chi connectivity index (χ1) is 69.6. The third-order valence-corrected chi connectivity index (χ3v) is 24.6. The molecule has 0 fully saturated rings. The zero-order chi connectivity index (χ0) is 95.2. The van der Waals surface area contributed by atoms with Gasteiger partial charge in [-0.2, -0.15) is 21.0 Å². The number of nitrogens with zero attached hydrogens (tertiary/aromatic N) is 15. The first-order valence-corrected chi connectivity index (χ1v) is 45.1. The van der Waals surface area contributed by atoms with Crippen molar-refractivity contribution in [2.45, 2.75) is 0 Å². The number of aromatic nitrogens is 9. The van der Waals surface area contributed by atoms with Crippen LogP contribution in [0.3, 0.4) is 0 Å². The molecule has 6 heterocycles. The number of hydrogen-bond donors (Lipinski definition) is 0. The first kappa shape index (κ1) is 85.8. The van der Waals surface area contributed by atoms with Crippen LogP contribution in [-0.4, -0.2) is 44.9 Å². The molecular formula is C123H69N15O3. The minimum atomic E-state index is 0.487. The Balaban J connectivity index is 0.000000121. The van der Waals surface area contributed by atoms with E-state index in [9.17, 15) is 21.0 Å². The monoisotopic (exact) mass is 1800 g/mol. The third-order valence-electron chi connectivity index (χ3n) is 24.6. The van der Waals surface area contributed by atoms with Crippen molar-refractivity contribution in [3.05, 3.63) is 464 Å². The van der Waals surface area contributed by atoms with Gasteiger partial charge >= 0.3 is 0 Å². The fourth-order valence-corrected chi connectivity index (χ4v) is 17.7. The summed E-state index contributed by atoms with van der Waals surface area (Å²) in [6.45, 7) is 15.5. The number of fused-ring (bicyclic) bond motifs is 9. The Hall–Kier alpha value is -20.7. The summed E-state index contributed by atoms with van der Waals surface area (Å²) >= 11 is 0. The van der Waals surface area contributed by atoms with E-state index in [1.807, 2.05) is 370 Å². The smallest absolute Gasteiger partial charge is 0.195 e. The highest BCUT2D eigenvalue weighted by Gasteiger charge is 2.27. The quantitative estimate of drug-likeness (QED) is 0.0864. The second kappa shape index (κ2) is 37.8. The van der Waals surface area contributed by atoms with E-state index in [2.05, 4.69) is 64.3 Å². The number of benzene rings is 18. The molecule has 6 aromatic heterocycles. The molecule has 0 N–H and O–H groups in total. The fraction of sp³-hybridized carbons (Fsp3) is 0. The Bertz CT molecular complexity index is 9120. The molecule has 0 atom stereocenters. The number of para-hydroxylation sites is 4. The van der Waals surface area contributed by atoms with Crippen molar-refractivity contribution >= 4 is 77.2 Å². The molecule has 0 bridgehead atoms. The zero-order valence-electron chi connectivity index (χ0n) is 74.8. The van der Waals surface area contributed by atoms with E-state index in [0.29, 0.717) is 114 Å². The number of furan rings is 3. The minimum Gasteiger partial charge on any atom is -0.455 e. The number of rotatable bonds is 15. The van der Waals surface area contributed by atoms with Crippen LogP contribution in [-0.2, 0) is 0 Å². The van der Waals surface area contributed by atoms with E-state index in [4.69, 9.17) is 71.3 Å². The Morgan fingerprint density at radius 2 is 0.496 bits per heavy atom. The van der Waals surface area contributed by atoms with Crippen LogP contribution in [0, 0.1) is 58.5 Å². The molecular weight excluding hydrogens is 1740 g/mol. The van der Waals surface area contributed by atoms with Crippen LogP contribution in [0.1, 0.15) is 22.3 Å². The maximum absolute atomic E-state index is 9.94. The van der Waals surface area contributed by atoms with Crippen molar-refractivity contribution in [3.63, 3.8) is 0 Å². The molecule has 0 aliphatic heterocycles. The topological polar surface area (TPSA) is 259 Å². The van der Waals surface area contributed by atoms with Crippen LogP contribution in [0.5, 0.6) is 0 Å². The maximum Gasteiger partial charge on any atom is 0.195 e. The predicted molar refractivity (Wildman–Crippen MR) is 554 cm³/mol. The van der Waals surface area contributed by atoms with Crippen molar-refractivity contribution in [1.29, 1.82) is 21.0 Å². The van der Waals surface area contributed by atoms with Gasteiger partial charge in [0.05, 0.1) is 76.4 Å². The molecule has 18 heteroatoms. The Morgan fingerprint density at radius 1 is 0.184 bits per heavy atom. The van der Waals surface area contributed by atoms with Gasteiger partial charge in [0.2, 0.25) is 0 Å². The van der Waals surface area contributed by atoms with Crippen molar-refractivity contribution in [1.82, 2.24) is 44.9 Å². The van der Waals surface area contributed by atoms with E-state index >= 15 is 0 Å². The molecule has 0 spiro atoms. The first-order valence-electron chi connectivity index (χ1n) is 45.1. The summed E-state index contributed by atoms with van der Waals surface area (Å²) in [5.41, 5.74) is 25.4. The molecule has 0 unspecified atom stereocenters. The largest absolute Gasteiger partial charge is 0.455 e. The van der Waals surface area contributed by atoms with Crippen molar-refractivity contribution in [2.24, 2.45) is 0 Å². The third kappa shape index (κ3) is 16.9. The summed E-state index contributed by atoms with van der Waals surface area (Å²) in [7, 11) is 0. The second-order valence-corrected chi connectivity index (χ2v) is 33.2. The molecule has 18 aromatic carbocycles. The predicted octanol–water partition coefficient (Wildman–Crippen LogP) is 30.9. The molecule has 0 saturated heterocycles. The van der Waals surface area contributed by atoms with E-state index in [0.717, 1.165) is 155 Å². The summed E-state index contributed by atoms with van der Waals surface area (Å²) in [5, 5.41) is 43.7. The van der Waals surface area contributed by atoms with Gasteiger partial charge in [0.25, 0.3) is 0 Å². The normalized spacial score (nSPS) is 10.9. The zero-order valence-corrected chi connectivity index (χ0v) is 74.8. The average molecular weight is 1810 g/mol. The van der Waals surface area contributed by atoms with Gasteiger partial charge in [0.1, 0.15) is 33.5 Å². The van der Waals surface area contributed by atoms with E-state index in [1.165, 1.54) is 0 Å². The molecule has 0 radical (unpaired) electrons. The van der Waals surface area contributed by atoms with E-state index in [1.54, 1.807) is 18.2 Å². The van der Waals surface area contributed by atoms with Gasteiger partial charge in [-0.05, 0) is 153 Å². The van der Waals surface area contributed by atoms with Crippen LogP contribution in [0.2, 0.25) is 0 Å². The summed E-state index contributed by atoms with van der Waals surface area (Å²) in [4.78, 5) is 51.8. The van der Waals surface area contributed by atoms with Crippen LogP contribution in [0.4, 0.5) is 11.4 Å². The Morgan fingerprint density at radius 3 is 0.901 bits per heavy atom. The summed E-state index contributed by atoms with van der Waals surface area (Å²) in [6.07, 6.45) is 0. The van der Waals surface area contributed by atoms with Gasteiger partial charge in [-0.1, -0.05) is 315 Å². The molecule has 0 amide bonds. The lowest BCUT2D eigenvalue weighted by Crippen LogP contribution is -2.00. The molecule has 0 saturated carbocycles. The van der Waals surface area contributed by atoms with E-state index < -0.39 is 0 Å². The Kier molecular flexibility index (Phi) is 23.0. The van der Waals surface area contributed by atoms with Crippen molar-refractivity contribution in [2.75, 3.05) is 0 Å². The van der Waals surface area contributed by atoms with Gasteiger partial charge in [-0.3, -0.25) is 0 Å². The fourth-order valence-electron chi connectivity index (χ4n) is 17.7. The highest BCUT2D eigenvalue weighted by Crippen LogP contribution is 2.49. The van der Waals surface area contributed by atoms with Gasteiger partial charge < -0.3 is 13.3 Å². The molecule has 0 aliphatic rings. The van der Waals surface area contributed by atoms with E-state index in [-0.39, 0.29) is 0 Å². The SMILES string of the molecule is N#Cc1ccc(-c2cc(-c3ccc(C#N)cc3)c3oc4c(-c5nc(-c6ccccc6)nc(-c6ccccc6)n5)cccc4c3c2)cc1.[C-]#[N+]c1cccc(-c2cc(-c3cccc(C#N)c3)cc3c2oc2c(-c4nc(-c5ccccc5)nc(-c5ccccc5)n4)cccc23)c1.[C-]#[N+]c1ccccc1-c1cc(-c2ccccc2C#N)cc2c1oc1c(-c3nc(-c4ccccc4)nc(-c4ccccc4)n3)cccc12. The lowest BCUT2D eigenvalue weighted by Gasteiger charge is -2.10. The van der Waals surface area contributed by atoms with Gasteiger partial charge in [-0.15, -0.1) is 0 Å². The summed E-state index contributed by atoms with van der Waals surface area (Å²) in [6, 6.07) is 144. The molecule has 654 valence electrons. The van der Waals surface area contributed by atoms with Gasteiger partial charge in [0.15, 0.2) is 63.8 Å². The highest BCUT2D eigenvalue weighted by molar-refractivity contribution is 6.18. The van der Waals surface area contributed by atoms with Crippen LogP contribution in [0.15, 0.2) is 432 Å². The van der Waals surface area contributed by atoms with Gasteiger partial charge in [0, 0.05) is 82.4 Å². The maximum atomic E-state index is 9.94. The van der Waals surface area contributed by atoms with Crippen LogP contribution >= 0.6 is 0 Å². The molecule has 24 rings (SSSR count). The molecule has 0 aliphatic carbocycles. The summed E-state index contributed by atoms with van der Waals surface area (Å²) < 4.78 is 20.4. The van der Waals surface area contributed by atoms with Gasteiger partial charge in [-0.25, -0.2) is 54.5 Å². The van der Waals surface area contributed by atoms with Crippen LogP contribution in [0.25, 0.3) is 245 Å². The number of hydrogen-bond acceptors (Lipinski definition) is 16. The lowest BCUT2D eigenvalue weighted by molar-refractivity contribution is 0.670. The van der Waals surface area contributed by atoms with Crippen molar-refractivity contribution in [3.8, 4) is 194 Å². The van der Waals surface area contributed by atoms with Crippen LogP contribution < -0.4 is 0 Å². The molecule has 18 nitrogen and oxygen atoms in total. The average Bonchev–Trinajstić information content (AvgIpc) is 1.61. The highest BCUT2D eigenvalue weighted by atomic mass is 16.3. The standard InChI is InChI=1S/3C41H23N5O/c1-43-32-18-9-17-30(22-32)35-23-31(29-16-8-11-26(21-29)25-42)24-36-33-19-10-20-34(37(33)47-38(35)36)41-45-39(27-12-4-2-5-13-27)44-40(46-41)28-14-6-3-7-15-28;1-43-36-22-11-10-19-31(36)34-23-29(30-18-9-8-17-28(30)25-42)24-35-32-20-12-21-33(37(32)47-38(34)35)41-45-39(26-13-4-2-5-14-26)44-40(46-41)27-15-6-3-7-16-27;42-24-26-14-18-28(19-15-26)32-22-35(29-20-16-27(25-43)17-21-29)38-36(23-32)33-12-7-13-34(37(33)47-38)41-45-39(30-8-3-1-4-9-30)44-40(46-41)31-10-5-2-6-11-31/h2*2-24H;1-23H. The second-order valence-electron chi connectivity index (χ2n) is 33.2. The Labute approximate surface area is 808 Å². The molecule has 141 heavy (non-hydrogen) atoms. The number of nitriles is 4. The lowest BCUT2D eigenvalue weighted by atomic mass is 9.93. The van der Waals surface area contributed by atoms with Crippen molar-refractivity contribution < 1.29 is 13.3 Å². The minimum absolute atomic E-state index is 0.487. The summed E-state index contributed by atoms with van der Waals surface area (Å²) in [5.74, 6) is 4.90.